The summed E-state index contributed by atoms with van der Waals surface area (Å²) in [6, 6.07) is 0. The molecule has 0 aromatic heterocycles. The second-order valence-corrected chi connectivity index (χ2v) is 1.81. The zero-order valence-corrected chi connectivity index (χ0v) is 5.07. The number of allylic oxidation sites excluding steroid dienone is 3. The van der Waals surface area contributed by atoms with Crippen molar-refractivity contribution in [1.82, 2.24) is 0 Å². The van der Waals surface area contributed by atoms with Gasteiger partial charge in [-0.05, 0) is 20.3 Å². The summed E-state index contributed by atoms with van der Waals surface area (Å²) in [4.78, 5) is 0. The molecule has 0 aromatic carbocycles. The van der Waals surface area contributed by atoms with Crippen LogP contribution < -0.4 is 0 Å². The van der Waals surface area contributed by atoms with Gasteiger partial charge in [-0.3, -0.25) is 0 Å². The van der Waals surface area contributed by atoms with Gasteiger partial charge in [-0.15, -0.1) is 6.58 Å². The standard InChI is InChI=1S/C7H12.Li.H/c1-4-5-6-7(2)3;;/h4,6H,1,5H2,2-3H3;;. The van der Waals surface area contributed by atoms with Gasteiger partial charge in [0.05, 0.1) is 0 Å². The first-order valence-electron chi connectivity index (χ1n) is 2.51. The first-order chi connectivity index (χ1) is 3.27. The molecule has 0 nitrogen and oxygen atoms in total. The van der Waals surface area contributed by atoms with Crippen LogP contribution in [0, 0.1) is 0 Å². The molecule has 0 radical (unpaired) electrons. The maximum atomic E-state index is 3.59. The van der Waals surface area contributed by atoms with E-state index >= 15 is 0 Å². The van der Waals surface area contributed by atoms with E-state index in [-0.39, 0.29) is 18.9 Å². The van der Waals surface area contributed by atoms with E-state index in [4.69, 9.17) is 0 Å². The van der Waals surface area contributed by atoms with Crippen LogP contribution in [0.25, 0.3) is 0 Å². The number of hydrogen-bond acceptors (Lipinski definition) is 0. The summed E-state index contributed by atoms with van der Waals surface area (Å²) in [6.45, 7) is 7.76. The van der Waals surface area contributed by atoms with Gasteiger partial charge in [0.2, 0.25) is 0 Å². The predicted octanol–water partition coefficient (Wildman–Crippen LogP) is 1.88. The summed E-state index contributed by atoms with van der Waals surface area (Å²) in [5.41, 5.74) is 1.36. The normalized spacial score (nSPS) is 6.75. The Hall–Kier alpha value is 0.0774. The molecule has 0 aromatic rings. The molecule has 0 N–H and O–H groups in total. The van der Waals surface area contributed by atoms with Crippen LogP contribution in [0.15, 0.2) is 24.3 Å². The Labute approximate surface area is 63.8 Å². The van der Waals surface area contributed by atoms with Crippen molar-refractivity contribution in [2.75, 3.05) is 0 Å². The second kappa shape index (κ2) is 7.08. The zero-order chi connectivity index (χ0) is 5.70. The Morgan fingerprint density at radius 1 is 1.50 bits per heavy atom. The van der Waals surface area contributed by atoms with E-state index in [1.807, 2.05) is 6.08 Å². The number of hydrogen-bond donors (Lipinski definition) is 0. The van der Waals surface area contributed by atoms with Crippen molar-refractivity contribution in [2.45, 2.75) is 20.3 Å². The van der Waals surface area contributed by atoms with Gasteiger partial charge < -0.3 is 0 Å². The van der Waals surface area contributed by atoms with Crippen LogP contribution >= 0.6 is 0 Å². The SMILES string of the molecule is C=CCC=C(C)C.[LiH]. The van der Waals surface area contributed by atoms with Gasteiger partial charge in [-0.25, -0.2) is 0 Å². The van der Waals surface area contributed by atoms with Crippen LogP contribution in [-0.4, -0.2) is 18.9 Å². The molecule has 0 bridgehead atoms. The summed E-state index contributed by atoms with van der Waals surface area (Å²) in [5, 5.41) is 0. The quantitative estimate of drug-likeness (QED) is 0.370. The molecule has 0 aliphatic rings. The van der Waals surface area contributed by atoms with Gasteiger partial charge >= 0.3 is 18.9 Å². The van der Waals surface area contributed by atoms with Crippen molar-refractivity contribution in [3.8, 4) is 0 Å². The van der Waals surface area contributed by atoms with Gasteiger partial charge in [0.25, 0.3) is 0 Å². The molecular weight excluding hydrogens is 91.0 g/mol. The molecule has 1 heteroatoms. The van der Waals surface area contributed by atoms with Gasteiger partial charge in [-0.2, -0.15) is 0 Å². The second-order valence-electron chi connectivity index (χ2n) is 1.81. The molecule has 42 valence electrons. The molecule has 0 heterocycles. The van der Waals surface area contributed by atoms with Crippen molar-refractivity contribution in [1.29, 1.82) is 0 Å². The average molecular weight is 104 g/mol. The fraction of sp³-hybridized carbons (Fsp3) is 0.429. The van der Waals surface area contributed by atoms with Gasteiger partial charge in [-0.1, -0.05) is 17.7 Å². The Kier molecular flexibility index (Phi) is 9.69. The molecule has 0 rings (SSSR count). The zero-order valence-electron chi connectivity index (χ0n) is 5.07. The van der Waals surface area contributed by atoms with E-state index in [1.54, 1.807) is 0 Å². The van der Waals surface area contributed by atoms with Crippen molar-refractivity contribution < 1.29 is 0 Å². The van der Waals surface area contributed by atoms with Crippen molar-refractivity contribution in [3.05, 3.63) is 24.3 Å². The molecule has 0 spiro atoms. The van der Waals surface area contributed by atoms with Gasteiger partial charge in [0, 0.05) is 0 Å². The van der Waals surface area contributed by atoms with Crippen LogP contribution in [0.4, 0.5) is 0 Å². The summed E-state index contributed by atoms with van der Waals surface area (Å²) in [7, 11) is 0. The molecular formula is C7H13Li. The van der Waals surface area contributed by atoms with Crippen LogP contribution in [0.3, 0.4) is 0 Å². The Bertz CT molecular complexity index is 78.4. The molecule has 0 unspecified atom stereocenters. The molecule has 0 amide bonds. The Balaban J connectivity index is 0. The van der Waals surface area contributed by atoms with Crippen LogP contribution in [-0.2, 0) is 0 Å². The van der Waals surface area contributed by atoms with E-state index < -0.39 is 0 Å². The summed E-state index contributed by atoms with van der Waals surface area (Å²) in [5.74, 6) is 0. The first kappa shape index (κ1) is 11.0. The third-order valence-electron chi connectivity index (χ3n) is 0.693. The fourth-order valence-electron chi connectivity index (χ4n) is 0.319. The summed E-state index contributed by atoms with van der Waals surface area (Å²) >= 11 is 0. The van der Waals surface area contributed by atoms with Crippen LogP contribution in [0.5, 0.6) is 0 Å². The minimum absolute atomic E-state index is 0. The third-order valence-corrected chi connectivity index (χ3v) is 0.693. The maximum absolute atomic E-state index is 3.59. The predicted molar refractivity (Wildman–Crippen MR) is 41.4 cm³/mol. The Morgan fingerprint density at radius 3 is 2.12 bits per heavy atom. The minimum atomic E-state index is 0. The first-order valence-corrected chi connectivity index (χ1v) is 2.51. The van der Waals surface area contributed by atoms with E-state index in [1.165, 1.54) is 5.57 Å². The van der Waals surface area contributed by atoms with E-state index in [9.17, 15) is 0 Å². The topological polar surface area (TPSA) is 0 Å². The summed E-state index contributed by atoms with van der Waals surface area (Å²) in [6.07, 6.45) is 5.04. The third kappa shape index (κ3) is 9.42. The molecule has 8 heavy (non-hydrogen) atoms. The molecule has 0 fully saturated rings. The van der Waals surface area contributed by atoms with Gasteiger partial charge in [0.15, 0.2) is 0 Å². The van der Waals surface area contributed by atoms with Gasteiger partial charge in [0.1, 0.15) is 0 Å². The fourth-order valence-corrected chi connectivity index (χ4v) is 0.319. The van der Waals surface area contributed by atoms with Crippen LogP contribution in [0.2, 0.25) is 0 Å². The molecule has 0 aliphatic carbocycles. The van der Waals surface area contributed by atoms with Crippen molar-refractivity contribution >= 4 is 18.9 Å². The summed E-state index contributed by atoms with van der Waals surface area (Å²) < 4.78 is 0. The number of rotatable bonds is 2. The van der Waals surface area contributed by atoms with E-state index in [0.29, 0.717) is 0 Å². The van der Waals surface area contributed by atoms with Crippen molar-refractivity contribution in [3.63, 3.8) is 0 Å². The monoisotopic (exact) mass is 104 g/mol. The van der Waals surface area contributed by atoms with E-state index in [2.05, 4.69) is 26.5 Å². The van der Waals surface area contributed by atoms with E-state index in [0.717, 1.165) is 6.42 Å². The average Bonchev–Trinajstić information content (AvgIpc) is 1.61. The van der Waals surface area contributed by atoms with Crippen molar-refractivity contribution in [2.24, 2.45) is 0 Å². The molecule has 0 saturated heterocycles. The van der Waals surface area contributed by atoms with Crippen LogP contribution in [0.1, 0.15) is 20.3 Å². The molecule has 0 saturated carbocycles. The molecule has 0 atom stereocenters. The Morgan fingerprint density at radius 2 is 2.00 bits per heavy atom. The molecule has 0 aliphatic heterocycles.